The smallest absolute Gasteiger partial charge is 0.239 e. The van der Waals surface area contributed by atoms with E-state index in [0.717, 1.165) is 57.4 Å². The number of nitrogens with one attached hydrogen (secondary N) is 1. The molecule has 1 aromatic carbocycles. The number of carbonyl (C=O) groups is 1. The van der Waals surface area contributed by atoms with Crippen molar-refractivity contribution in [2.45, 2.75) is 37.8 Å². The lowest BCUT2D eigenvalue weighted by atomic mass is 9.95. The number of likely N-dealkylation sites (tertiary alicyclic amines) is 1. The molecule has 0 bridgehead atoms. The summed E-state index contributed by atoms with van der Waals surface area (Å²) >= 11 is 0. The Kier molecular flexibility index (Phi) is 6.45. The fourth-order valence-corrected chi connectivity index (χ4v) is 4.02. The lowest BCUT2D eigenvalue weighted by molar-refractivity contribution is -0.132. The lowest BCUT2D eigenvalue weighted by Gasteiger charge is -2.35. The average Bonchev–Trinajstić information content (AvgIpc) is 3.18. The molecule has 0 unspecified atom stereocenters. The second kappa shape index (κ2) is 8.79. The van der Waals surface area contributed by atoms with Crippen LogP contribution in [0, 0.1) is 5.92 Å². The first-order chi connectivity index (χ1) is 12.1. The summed E-state index contributed by atoms with van der Waals surface area (Å²) in [4.78, 5) is 16.7. The zero-order chi connectivity index (χ0) is 17.6. The van der Waals surface area contributed by atoms with E-state index < -0.39 is 6.10 Å². The molecule has 2 fully saturated rings. The molecule has 0 aromatic heterocycles. The van der Waals surface area contributed by atoms with Crippen LogP contribution in [0.1, 0.15) is 37.4 Å². The van der Waals surface area contributed by atoms with Crippen molar-refractivity contribution in [1.29, 1.82) is 0 Å². The van der Waals surface area contributed by atoms with Crippen LogP contribution in [-0.4, -0.2) is 66.6 Å². The maximum absolute atomic E-state index is 12.4. The molecule has 2 heterocycles. The van der Waals surface area contributed by atoms with Crippen LogP contribution in [0.25, 0.3) is 0 Å². The van der Waals surface area contributed by atoms with E-state index in [1.54, 1.807) is 0 Å². The number of benzene rings is 1. The Morgan fingerprint density at radius 1 is 1.28 bits per heavy atom. The molecular weight excluding hydrogens is 314 g/mol. The normalized spacial score (nSPS) is 23.5. The minimum atomic E-state index is -0.421. The van der Waals surface area contributed by atoms with Crippen molar-refractivity contribution in [1.82, 2.24) is 15.1 Å². The van der Waals surface area contributed by atoms with Crippen LogP contribution in [0.3, 0.4) is 0 Å². The molecule has 2 saturated heterocycles. The van der Waals surface area contributed by atoms with Crippen molar-refractivity contribution in [2.75, 3.05) is 39.8 Å². The molecule has 2 atom stereocenters. The van der Waals surface area contributed by atoms with Gasteiger partial charge in [0.05, 0.1) is 12.1 Å². The molecule has 1 amide bonds. The highest BCUT2D eigenvalue weighted by Crippen LogP contribution is 2.22. The predicted molar refractivity (Wildman–Crippen MR) is 99.2 cm³/mol. The predicted octanol–water partition coefficient (Wildman–Crippen LogP) is 1.64. The minimum Gasteiger partial charge on any atom is -0.387 e. The second-order valence-corrected chi connectivity index (χ2v) is 7.54. The number of aliphatic hydroxyl groups excluding tert-OH is 1. The standard InChI is InChI=1S/C20H31N3O2/c1-22(20(25)18-8-5-11-21-18)14-16-9-12-23(13-10-16)15-19(24)17-6-3-2-4-7-17/h2-4,6-7,16,18-19,21,24H,5,8-15H2,1H3/t18-,19-/m1/s1. The van der Waals surface area contributed by atoms with Gasteiger partial charge in [-0.3, -0.25) is 4.79 Å². The number of nitrogens with zero attached hydrogens (tertiary/aromatic N) is 2. The van der Waals surface area contributed by atoms with E-state index in [1.165, 1.54) is 0 Å². The van der Waals surface area contributed by atoms with Gasteiger partial charge in [-0.2, -0.15) is 0 Å². The molecule has 2 aliphatic heterocycles. The summed E-state index contributed by atoms with van der Waals surface area (Å²) in [6.07, 6.45) is 3.84. The Balaban J connectivity index is 1.40. The highest BCUT2D eigenvalue weighted by Gasteiger charge is 2.28. The van der Waals surface area contributed by atoms with E-state index in [4.69, 9.17) is 0 Å². The zero-order valence-corrected chi connectivity index (χ0v) is 15.2. The molecule has 138 valence electrons. The van der Waals surface area contributed by atoms with Crippen molar-refractivity contribution in [3.63, 3.8) is 0 Å². The van der Waals surface area contributed by atoms with Crippen LogP contribution in [-0.2, 0) is 4.79 Å². The quantitative estimate of drug-likeness (QED) is 0.823. The Hall–Kier alpha value is -1.43. The van der Waals surface area contributed by atoms with Crippen molar-refractivity contribution in [2.24, 2.45) is 5.92 Å². The number of hydrogen-bond donors (Lipinski definition) is 2. The summed E-state index contributed by atoms with van der Waals surface area (Å²) in [5, 5.41) is 13.7. The number of aliphatic hydroxyl groups is 1. The third-order valence-electron chi connectivity index (χ3n) is 5.59. The van der Waals surface area contributed by atoms with Gasteiger partial charge in [-0.15, -0.1) is 0 Å². The van der Waals surface area contributed by atoms with Gasteiger partial charge in [0.1, 0.15) is 0 Å². The largest absolute Gasteiger partial charge is 0.387 e. The molecule has 5 nitrogen and oxygen atoms in total. The van der Waals surface area contributed by atoms with Crippen LogP contribution in [0.15, 0.2) is 30.3 Å². The first-order valence-corrected chi connectivity index (χ1v) is 9.57. The monoisotopic (exact) mass is 345 g/mol. The minimum absolute atomic E-state index is 0.0334. The summed E-state index contributed by atoms with van der Waals surface area (Å²) in [5.41, 5.74) is 0.985. The molecular formula is C20H31N3O2. The van der Waals surface area contributed by atoms with Gasteiger partial charge in [0, 0.05) is 20.1 Å². The van der Waals surface area contributed by atoms with E-state index in [-0.39, 0.29) is 11.9 Å². The highest BCUT2D eigenvalue weighted by molar-refractivity contribution is 5.81. The first kappa shape index (κ1) is 18.4. The van der Waals surface area contributed by atoms with E-state index in [1.807, 2.05) is 42.3 Å². The SMILES string of the molecule is CN(CC1CCN(C[C@@H](O)c2ccccc2)CC1)C(=O)[C@H]1CCCN1. The topological polar surface area (TPSA) is 55.8 Å². The molecule has 0 saturated carbocycles. The van der Waals surface area contributed by atoms with Gasteiger partial charge in [-0.1, -0.05) is 30.3 Å². The summed E-state index contributed by atoms with van der Waals surface area (Å²) in [5.74, 6) is 0.819. The Morgan fingerprint density at radius 3 is 2.64 bits per heavy atom. The van der Waals surface area contributed by atoms with Crippen molar-refractivity contribution >= 4 is 5.91 Å². The molecule has 2 N–H and O–H groups in total. The van der Waals surface area contributed by atoms with Crippen LogP contribution in [0.5, 0.6) is 0 Å². The Morgan fingerprint density at radius 2 is 2.00 bits per heavy atom. The van der Waals surface area contributed by atoms with E-state index in [9.17, 15) is 9.90 Å². The molecule has 0 radical (unpaired) electrons. The molecule has 0 aliphatic carbocycles. The van der Waals surface area contributed by atoms with Gasteiger partial charge < -0.3 is 20.2 Å². The second-order valence-electron chi connectivity index (χ2n) is 7.54. The van der Waals surface area contributed by atoms with E-state index >= 15 is 0 Å². The Bertz CT molecular complexity index is 537. The third kappa shape index (κ3) is 5.03. The average molecular weight is 345 g/mol. The van der Waals surface area contributed by atoms with Gasteiger partial charge >= 0.3 is 0 Å². The lowest BCUT2D eigenvalue weighted by Crippen LogP contribution is -2.45. The van der Waals surface area contributed by atoms with Gasteiger partial charge in [0.2, 0.25) is 5.91 Å². The first-order valence-electron chi connectivity index (χ1n) is 9.57. The number of β-amino-alcohol motifs (C(OH)–C–C–N with tert-alkyl or cyclic N) is 1. The van der Waals surface area contributed by atoms with Crippen molar-refractivity contribution < 1.29 is 9.90 Å². The molecule has 2 aliphatic rings. The number of rotatable bonds is 6. The summed E-state index contributed by atoms with van der Waals surface area (Å²) in [6, 6.07) is 9.91. The fourth-order valence-electron chi connectivity index (χ4n) is 4.02. The van der Waals surface area contributed by atoms with Crippen LogP contribution in [0.4, 0.5) is 0 Å². The molecule has 5 heteroatoms. The Labute approximate surface area is 151 Å². The maximum Gasteiger partial charge on any atom is 0.239 e. The molecule has 25 heavy (non-hydrogen) atoms. The molecule has 0 spiro atoms. The number of carbonyl (C=O) groups excluding carboxylic acids is 1. The summed E-state index contributed by atoms with van der Waals surface area (Å²) in [7, 11) is 1.94. The van der Waals surface area contributed by atoms with Gasteiger partial charge in [0.15, 0.2) is 0 Å². The summed E-state index contributed by atoms with van der Waals surface area (Å²) in [6.45, 7) is 4.51. The van der Waals surface area contributed by atoms with Crippen LogP contribution >= 0.6 is 0 Å². The summed E-state index contributed by atoms with van der Waals surface area (Å²) < 4.78 is 0. The zero-order valence-electron chi connectivity index (χ0n) is 15.2. The van der Waals surface area contributed by atoms with E-state index in [0.29, 0.717) is 12.5 Å². The number of likely N-dealkylation sites (N-methyl/N-ethyl adjacent to an activating group) is 1. The van der Waals surface area contributed by atoms with Crippen molar-refractivity contribution in [3.05, 3.63) is 35.9 Å². The maximum atomic E-state index is 12.4. The van der Waals surface area contributed by atoms with Gasteiger partial charge in [0.25, 0.3) is 0 Å². The third-order valence-corrected chi connectivity index (χ3v) is 5.59. The van der Waals surface area contributed by atoms with Gasteiger partial charge in [-0.25, -0.2) is 0 Å². The number of hydrogen-bond acceptors (Lipinski definition) is 4. The highest BCUT2D eigenvalue weighted by atomic mass is 16.3. The van der Waals surface area contributed by atoms with E-state index in [2.05, 4.69) is 10.2 Å². The van der Waals surface area contributed by atoms with Gasteiger partial charge in [-0.05, 0) is 56.8 Å². The number of piperidine rings is 1. The van der Waals surface area contributed by atoms with Crippen molar-refractivity contribution in [3.8, 4) is 0 Å². The van der Waals surface area contributed by atoms with Crippen LogP contribution < -0.4 is 5.32 Å². The van der Waals surface area contributed by atoms with Crippen LogP contribution in [0.2, 0.25) is 0 Å². The molecule has 1 aromatic rings. The fraction of sp³-hybridized carbons (Fsp3) is 0.650. The molecule has 3 rings (SSSR count). The number of amides is 1.